The lowest BCUT2D eigenvalue weighted by Crippen LogP contribution is -2.54. The molecular formula is C30H35Br2N3O5S. The van der Waals surface area contributed by atoms with Crippen LogP contribution >= 0.6 is 31.9 Å². The molecular weight excluding hydrogens is 674 g/mol. The predicted molar refractivity (Wildman–Crippen MR) is 168 cm³/mol. The molecule has 0 aliphatic carbocycles. The van der Waals surface area contributed by atoms with Crippen molar-refractivity contribution >= 4 is 59.4 Å². The number of anilines is 1. The lowest BCUT2D eigenvalue weighted by Gasteiger charge is -2.33. The Hall–Kier alpha value is -2.89. The summed E-state index contributed by atoms with van der Waals surface area (Å²) in [4.78, 5) is 28.7. The molecule has 3 aromatic carbocycles. The molecule has 3 rings (SSSR count). The minimum absolute atomic E-state index is 0.0273. The molecule has 2 amide bonds. The van der Waals surface area contributed by atoms with E-state index < -0.39 is 34.1 Å². The van der Waals surface area contributed by atoms with E-state index in [-0.39, 0.29) is 17.3 Å². The first-order valence-corrected chi connectivity index (χ1v) is 16.1. The first-order chi connectivity index (χ1) is 19.2. The van der Waals surface area contributed by atoms with Crippen molar-refractivity contribution in [2.24, 2.45) is 0 Å². The van der Waals surface area contributed by atoms with Gasteiger partial charge < -0.3 is 15.0 Å². The SMILES string of the molecule is CCOc1ccc(N(CC(=O)N(Cc2cccc(Br)c2)[C@H](C)C(=O)NC(C)(C)C)S(=O)(=O)c2ccc(Br)cc2)cc1. The predicted octanol–water partition coefficient (Wildman–Crippen LogP) is 6.14. The van der Waals surface area contributed by atoms with Crippen LogP contribution in [0.25, 0.3) is 0 Å². The van der Waals surface area contributed by atoms with Crippen LogP contribution in [0, 0.1) is 0 Å². The van der Waals surface area contributed by atoms with Gasteiger partial charge in [-0.25, -0.2) is 8.42 Å². The second-order valence-corrected chi connectivity index (χ2v) is 14.2. The van der Waals surface area contributed by atoms with E-state index in [0.29, 0.717) is 18.0 Å². The quantitative estimate of drug-likeness (QED) is 0.258. The fraction of sp³-hybridized carbons (Fsp3) is 0.333. The van der Waals surface area contributed by atoms with E-state index in [1.54, 1.807) is 43.3 Å². The Balaban J connectivity index is 2.04. The van der Waals surface area contributed by atoms with Crippen LogP contribution in [0.5, 0.6) is 5.75 Å². The topological polar surface area (TPSA) is 96.0 Å². The molecule has 3 aromatic rings. The van der Waals surface area contributed by atoms with Crippen LogP contribution in [0.3, 0.4) is 0 Å². The molecule has 0 saturated carbocycles. The zero-order chi connectivity index (χ0) is 30.4. The first-order valence-electron chi connectivity index (χ1n) is 13.1. The molecule has 0 fully saturated rings. The number of amides is 2. The summed E-state index contributed by atoms with van der Waals surface area (Å²) in [5.41, 5.74) is 0.556. The van der Waals surface area contributed by atoms with Gasteiger partial charge in [-0.15, -0.1) is 0 Å². The maximum absolute atomic E-state index is 14.0. The molecule has 0 heterocycles. The number of carbonyl (C=O) groups is 2. The minimum atomic E-state index is -4.16. The maximum Gasteiger partial charge on any atom is 0.264 e. The standard InChI is InChI=1S/C30H35Br2N3O5S/c1-6-40-26-14-12-25(13-15-26)35(41(38,39)27-16-10-23(31)11-17-27)20-28(36)34(19-22-8-7-9-24(32)18-22)21(2)29(37)33-30(3,4)5/h7-18,21H,6,19-20H2,1-5H3,(H,33,37)/t21-/m1/s1. The zero-order valence-corrected chi connectivity index (χ0v) is 27.7. The molecule has 11 heteroatoms. The van der Waals surface area contributed by atoms with Gasteiger partial charge in [0, 0.05) is 21.0 Å². The summed E-state index contributed by atoms with van der Waals surface area (Å²) >= 11 is 6.79. The van der Waals surface area contributed by atoms with E-state index in [1.807, 2.05) is 52.0 Å². The fourth-order valence-corrected chi connectivity index (χ4v) is 6.15. The Labute approximate surface area is 259 Å². The number of ether oxygens (including phenoxy) is 1. The van der Waals surface area contributed by atoms with Crippen LogP contribution in [-0.4, -0.2) is 49.9 Å². The van der Waals surface area contributed by atoms with Gasteiger partial charge in [-0.2, -0.15) is 0 Å². The van der Waals surface area contributed by atoms with Gasteiger partial charge in [0.25, 0.3) is 10.0 Å². The largest absolute Gasteiger partial charge is 0.494 e. The van der Waals surface area contributed by atoms with Gasteiger partial charge in [0.15, 0.2) is 0 Å². The number of nitrogens with zero attached hydrogens (tertiary/aromatic N) is 2. The van der Waals surface area contributed by atoms with E-state index in [9.17, 15) is 18.0 Å². The highest BCUT2D eigenvalue weighted by Crippen LogP contribution is 2.27. The maximum atomic E-state index is 14.0. The van der Waals surface area contributed by atoms with Crippen molar-refractivity contribution in [2.45, 2.75) is 57.6 Å². The van der Waals surface area contributed by atoms with Gasteiger partial charge in [0.1, 0.15) is 18.3 Å². The van der Waals surface area contributed by atoms with Crippen molar-refractivity contribution in [3.8, 4) is 5.75 Å². The molecule has 0 spiro atoms. The van der Waals surface area contributed by atoms with Crippen molar-refractivity contribution in [3.63, 3.8) is 0 Å². The van der Waals surface area contributed by atoms with Gasteiger partial charge >= 0.3 is 0 Å². The number of halogens is 2. The third kappa shape index (κ3) is 9.05. The van der Waals surface area contributed by atoms with Gasteiger partial charge in [-0.1, -0.05) is 44.0 Å². The van der Waals surface area contributed by atoms with Gasteiger partial charge in [-0.3, -0.25) is 13.9 Å². The molecule has 0 radical (unpaired) electrons. The lowest BCUT2D eigenvalue weighted by molar-refractivity contribution is -0.140. The molecule has 220 valence electrons. The molecule has 0 aromatic heterocycles. The first kappa shape index (κ1) is 32.6. The lowest BCUT2D eigenvalue weighted by atomic mass is 10.1. The third-order valence-electron chi connectivity index (χ3n) is 6.02. The summed E-state index contributed by atoms with van der Waals surface area (Å²) < 4.78 is 36.0. The Morgan fingerprint density at radius 3 is 2.15 bits per heavy atom. The molecule has 0 aliphatic heterocycles. The monoisotopic (exact) mass is 707 g/mol. The average Bonchev–Trinajstić information content (AvgIpc) is 2.90. The normalized spacial score (nSPS) is 12.4. The summed E-state index contributed by atoms with van der Waals surface area (Å²) in [5.74, 6) is -0.298. The highest BCUT2D eigenvalue weighted by molar-refractivity contribution is 9.10. The van der Waals surface area contributed by atoms with Crippen molar-refractivity contribution in [2.75, 3.05) is 17.5 Å². The number of nitrogens with one attached hydrogen (secondary N) is 1. The molecule has 1 N–H and O–H groups in total. The molecule has 0 bridgehead atoms. The molecule has 41 heavy (non-hydrogen) atoms. The number of rotatable bonds is 11. The molecule has 8 nitrogen and oxygen atoms in total. The molecule has 0 saturated heterocycles. The molecule has 0 aliphatic rings. The summed E-state index contributed by atoms with van der Waals surface area (Å²) in [5, 5.41) is 2.92. The molecule has 0 unspecified atom stereocenters. The van der Waals surface area contributed by atoms with Crippen LogP contribution < -0.4 is 14.4 Å². The average molecular weight is 710 g/mol. The Bertz CT molecular complexity index is 1460. The van der Waals surface area contributed by atoms with Crippen LogP contribution in [0.15, 0.2) is 86.6 Å². The van der Waals surface area contributed by atoms with E-state index in [0.717, 1.165) is 18.8 Å². The van der Waals surface area contributed by atoms with Gasteiger partial charge in [0.05, 0.1) is 17.2 Å². The number of benzene rings is 3. The van der Waals surface area contributed by atoms with Gasteiger partial charge in [0.2, 0.25) is 11.8 Å². The highest BCUT2D eigenvalue weighted by atomic mass is 79.9. The summed E-state index contributed by atoms with van der Waals surface area (Å²) in [7, 11) is -4.16. The second kappa shape index (κ2) is 13.8. The number of sulfonamides is 1. The van der Waals surface area contributed by atoms with Crippen molar-refractivity contribution in [1.82, 2.24) is 10.2 Å². The van der Waals surface area contributed by atoms with E-state index in [4.69, 9.17) is 4.74 Å². The Morgan fingerprint density at radius 2 is 1.59 bits per heavy atom. The summed E-state index contributed by atoms with van der Waals surface area (Å²) in [6, 6.07) is 19.3. The van der Waals surface area contributed by atoms with E-state index in [2.05, 4.69) is 37.2 Å². The van der Waals surface area contributed by atoms with Crippen LogP contribution in [0.1, 0.15) is 40.2 Å². The van der Waals surface area contributed by atoms with Crippen LogP contribution in [-0.2, 0) is 26.2 Å². The second-order valence-electron chi connectivity index (χ2n) is 10.5. The van der Waals surface area contributed by atoms with Crippen molar-refractivity contribution in [3.05, 3.63) is 87.3 Å². The van der Waals surface area contributed by atoms with Gasteiger partial charge in [-0.05, 0) is 101 Å². The Morgan fingerprint density at radius 1 is 0.951 bits per heavy atom. The smallest absolute Gasteiger partial charge is 0.264 e. The number of carbonyl (C=O) groups excluding carboxylic acids is 2. The van der Waals surface area contributed by atoms with Crippen molar-refractivity contribution < 1.29 is 22.7 Å². The van der Waals surface area contributed by atoms with Crippen LogP contribution in [0.4, 0.5) is 5.69 Å². The summed E-state index contributed by atoms with van der Waals surface area (Å²) in [6.45, 7) is 9.11. The minimum Gasteiger partial charge on any atom is -0.494 e. The van der Waals surface area contributed by atoms with E-state index >= 15 is 0 Å². The number of hydrogen-bond donors (Lipinski definition) is 1. The zero-order valence-electron chi connectivity index (χ0n) is 23.7. The number of hydrogen-bond acceptors (Lipinski definition) is 5. The third-order valence-corrected chi connectivity index (χ3v) is 8.83. The highest BCUT2D eigenvalue weighted by Gasteiger charge is 2.33. The molecule has 1 atom stereocenters. The summed E-state index contributed by atoms with van der Waals surface area (Å²) in [6.07, 6.45) is 0. The Kier molecular flexibility index (Phi) is 11.0. The van der Waals surface area contributed by atoms with E-state index in [1.165, 1.54) is 17.0 Å². The van der Waals surface area contributed by atoms with Crippen LogP contribution in [0.2, 0.25) is 0 Å². The fourth-order valence-electron chi connectivity index (χ4n) is 4.03. The van der Waals surface area contributed by atoms with Crippen molar-refractivity contribution in [1.29, 1.82) is 0 Å².